The number of nitrogens with zero attached hydrogens (tertiary/aromatic N) is 5. The number of rotatable bonds is 6. The van der Waals surface area contributed by atoms with Gasteiger partial charge in [-0.1, -0.05) is 28.9 Å². The first kappa shape index (κ1) is 16.4. The number of hydrogen-bond donors (Lipinski definition) is 1. The molecule has 0 radical (unpaired) electrons. The topological polar surface area (TPSA) is 80.0 Å². The van der Waals surface area contributed by atoms with E-state index in [2.05, 4.69) is 30.6 Å². The normalized spacial score (nSPS) is 11.0. The van der Waals surface area contributed by atoms with Gasteiger partial charge in [-0.05, 0) is 38.4 Å². The van der Waals surface area contributed by atoms with Crippen LogP contribution in [0.4, 0.5) is 5.82 Å². The molecule has 3 aromatic rings. The summed E-state index contributed by atoms with van der Waals surface area (Å²) in [7, 11) is 4.03. The fraction of sp³-hybridized carbons (Fsp3) is 0.250. The third-order valence-electron chi connectivity index (χ3n) is 3.26. The van der Waals surface area contributed by atoms with Crippen LogP contribution in [0.5, 0.6) is 0 Å². The summed E-state index contributed by atoms with van der Waals surface area (Å²) in [5.41, 5.74) is 1.31. The summed E-state index contributed by atoms with van der Waals surface area (Å²) in [5, 5.41) is 16.0. The van der Waals surface area contributed by atoms with Crippen molar-refractivity contribution in [3.05, 3.63) is 41.4 Å². The maximum atomic E-state index is 5.98. The van der Waals surface area contributed by atoms with Crippen molar-refractivity contribution >= 4 is 17.4 Å². The molecule has 0 bridgehead atoms. The number of aromatic nitrogens is 4. The highest BCUT2D eigenvalue weighted by Crippen LogP contribution is 2.23. The summed E-state index contributed by atoms with van der Waals surface area (Å²) in [6, 6.07) is 10.9. The molecule has 24 heavy (non-hydrogen) atoms. The first-order chi connectivity index (χ1) is 11.6. The van der Waals surface area contributed by atoms with Crippen LogP contribution in [0.2, 0.25) is 5.02 Å². The van der Waals surface area contributed by atoms with E-state index in [1.165, 1.54) is 0 Å². The molecular formula is C16H17ClN6O. The molecule has 0 saturated carbocycles. The average molecular weight is 345 g/mol. The highest BCUT2D eigenvalue weighted by molar-refractivity contribution is 6.30. The molecule has 0 unspecified atom stereocenters. The molecule has 124 valence electrons. The van der Waals surface area contributed by atoms with Gasteiger partial charge in [0.05, 0.1) is 0 Å². The van der Waals surface area contributed by atoms with Crippen LogP contribution in [-0.2, 0) is 0 Å². The van der Waals surface area contributed by atoms with Crippen molar-refractivity contribution in [2.75, 3.05) is 32.5 Å². The Balaban J connectivity index is 1.71. The number of nitrogens with one attached hydrogen (secondary N) is 1. The van der Waals surface area contributed by atoms with Crippen molar-refractivity contribution in [2.24, 2.45) is 0 Å². The van der Waals surface area contributed by atoms with Crippen LogP contribution in [-0.4, -0.2) is 52.4 Å². The van der Waals surface area contributed by atoms with E-state index in [0.29, 0.717) is 28.2 Å². The number of likely N-dealkylation sites (N-methyl/N-ethyl adjacent to an activating group) is 1. The summed E-state index contributed by atoms with van der Waals surface area (Å²) < 4.78 is 5.26. The van der Waals surface area contributed by atoms with Crippen molar-refractivity contribution in [1.29, 1.82) is 0 Å². The molecule has 0 spiro atoms. The summed E-state index contributed by atoms with van der Waals surface area (Å²) in [5.74, 6) is 1.48. The quantitative estimate of drug-likeness (QED) is 0.736. The Kier molecular flexibility index (Phi) is 5.02. The number of hydrogen-bond acceptors (Lipinski definition) is 7. The summed E-state index contributed by atoms with van der Waals surface area (Å²) in [6.07, 6.45) is 0. The Bertz CT molecular complexity index is 802. The Morgan fingerprint density at radius 2 is 2.04 bits per heavy atom. The van der Waals surface area contributed by atoms with E-state index in [1.54, 1.807) is 18.2 Å². The molecular weight excluding hydrogens is 328 g/mol. The van der Waals surface area contributed by atoms with Gasteiger partial charge in [0, 0.05) is 23.7 Å². The van der Waals surface area contributed by atoms with Crippen LogP contribution in [0.25, 0.3) is 23.0 Å². The minimum atomic E-state index is 0.317. The zero-order valence-electron chi connectivity index (χ0n) is 13.4. The van der Waals surface area contributed by atoms with Crippen molar-refractivity contribution in [3.63, 3.8) is 0 Å². The first-order valence-electron chi connectivity index (χ1n) is 7.44. The predicted octanol–water partition coefficient (Wildman–Crippen LogP) is 2.82. The van der Waals surface area contributed by atoms with Crippen molar-refractivity contribution in [1.82, 2.24) is 25.2 Å². The summed E-state index contributed by atoms with van der Waals surface area (Å²) in [6.45, 7) is 1.70. The largest absolute Gasteiger partial charge is 0.367 e. The number of anilines is 1. The van der Waals surface area contributed by atoms with Gasteiger partial charge in [0.25, 0.3) is 5.89 Å². The van der Waals surface area contributed by atoms with Crippen LogP contribution < -0.4 is 5.32 Å². The lowest BCUT2D eigenvalue weighted by Gasteiger charge is -2.10. The minimum Gasteiger partial charge on any atom is -0.367 e. The van der Waals surface area contributed by atoms with E-state index in [9.17, 15) is 0 Å². The fourth-order valence-electron chi connectivity index (χ4n) is 2.02. The van der Waals surface area contributed by atoms with Crippen LogP contribution >= 0.6 is 11.6 Å². The second-order valence-corrected chi connectivity index (χ2v) is 5.90. The van der Waals surface area contributed by atoms with E-state index < -0.39 is 0 Å². The van der Waals surface area contributed by atoms with E-state index >= 15 is 0 Å². The molecule has 0 atom stereocenters. The standard InChI is InChI=1S/C16H17ClN6O/c1-23(2)9-8-18-14-7-6-13(20-21-14)16-19-15(22-24-16)11-4-3-5-12(17)10-11/h3-7,10H,8-9H2,1-2H3,(H,18,21). The fourth-order valence-corrected chi connectivity index (χ4v) is 2.21. The van der Waals surface area contributed by atoms with Gasteiger partial charge < -0.3 is 14.7 Å². The molecule has 0 amide bonds. The van der Waals surface area contributed by atoms with Gasteiger partial charge in [0.2, 0.25) is 5.82 Å². The lowest BCUT2D eigenvalue weighted by molar-refractivity contribution is 0.425. The molecule has 0 aliphatic rings. The zero-order chi connectivity index (χ0) is 16.9. The minimum absolute atomic E-state index is 0.317. The molecule has 1 N–H and O–H groups in total. The van der Waals surface area contributed by atoms with E-state index in [-0.39, 0.29) is 0 Å². The predicted molar refractivity (Wildman–Crippen MR) is 92.8 cm³/mol. The third kappa shape index (κ3) is 4.06. The maximum Gasteiger partial charge on any atom is 0.278 e. The van der Waals surface area contributed by atoms with E-state index in [4.69, 9.17) is 16.1 Å². The highest BCUT2D eigenvalue weighted by atomic mass is 35.5. The molecule has 0 aliphatic carbocycles. The van der Waals surface area contributed by atoms with Crippen LogP contribution in [0.1, 0.15) is 0 Å². The summed E-state index contributed by atoms with van der Waals surface area (Å²) >= 11 is 5.98. The lowest BCUT2D eigenvalue weighted by Crippen LogP contribution is -2.21. The lowest BCUT2D eigenvalue weighted by atomic mass is 10.2. The van der Waals surface area contributed by atoms with Gasteiger partial charge in [0.15, 0.2) is 5.69 Å². The monoisotopic (exact) mass is 344 g/mol. The molecule has 0 fully saturated rings. The average Bonchev–Trinajstić information content (AvgIpc) is 3.05. The van der Waals surface area contributed by atoms with Gasteiger partial charge in [-0.2, -0.15) is 4.98 Å². The third-order valence-corrected chi connectivity index (χ3v) is 3.49. The molecule has 3 rings (SSSR count). The van der Waals surface area contributed by atoms with Gasteiger partial charge in [-0.25, -0.2) is 0 Å². The molecule has 2 heterocycles. The van der Waals surface area contributed by atoms with E-state index in [0.717, 1.165) is 18.7 Å². The van der Waals surface area contributed by atoms with Crippen LogP contribution in [0.15, 0.2) is 40.9 Å². The SMILES string of the molecule is CN(C)CCNc1ccc(-c2nc(-c3cccc(Cl)c3)no2)nn1. The summed E-state index contributed by atoms with van der Waals surface area (Å²) in [4.78, 5) is 6.43. The molecule has 8 heteroatoms. The molecule has 0 saturated heterocycles. The number of benzene rings is 1. The second-order valence-electron chi connectivity index (χ2n) is 5.47. The Hall–Kier alpha value is -2.51. The number of halogens is 1. The van der Waals surface area contributed by atoms with Gasteiger partial charge in [-0.15, -0.1) is 10.2 Å². The highest BCUT2D eigenvalue weighted by Gasteiger charge is 2.12. The van der Waals surface area contributed by atoms with Gasteiger partial charge in [0.1, 0.15) is 5.82 Å². The van der Waals surface area contributed by atoms with Gasteiger partial charge >= 0.3 is 0 Å². The van der Waals surface area contributed by atoms with Crippen LogP contribution in [0, 0.1) is 0 Å². The Labute approximate surface area is 144 Å². The van der Waals surface area contributed by atoms with Crippen molar-refractivity contribution < 1.29 is 4.52 Å². The smallest absolute Gasteiger partial charge is 0.278 e. The maximum absolute atomic E-state index is 5.98. The van der Waals surface area contributed by atoms with E-state index in [1.807, 2.05) is 32.3 Å². The van der Waals surface area contributed by atoms with Crippen molar-refractivity contribution in [2.45, 2.75) is 0 Å². The van der Waals surface area contributed by atoms with Crippen LogP contribution in [0.3, 0.4) is 0 Å². The molecule has 0 aliphatic heterocycles. The first-order valence-corrected chi connectivity index (χ1v) is 7.82. The Morgan fingerprint density at radius 3 is 2.75 bits per heavy atom. The molecule has 7 nitrogen and oxygen atoms in total. The zero-order valence-corrected chi connectivity index (χ0v) is 14.2. The van der Waals surface area contributed by atoms with Gasteiger partial charge in [-0.3, -0.25) is 0 Å². The molecule has 1 aromatic carbocycles. The molecule has 2 aromatic heterocycles. The van der Waals surface area contributed by atoms with Crippen molar-refractivity contribution in [3.8, 4) is 23.0 Å². The Morgan fingerprint density at radius 1 is 1.17 bits per heavy atom. The second kappa shape index (κ2) is 7.37.